The Kier molecular flexibility index (Phi) is 6.27. The fourth-order valence-corrected chi connectivity index (χ4v) is 4.15. The zero-order chi connectivity index (χ0) is 22.7. The molecule has 3 aromatic heterocycles. The number of aromatic nitrogens is 3. The van der Waals surface area contributed by atoms with Crippen LogP contribution in [0.5, 0.6) is 0 Å². The number of amides is 1. The first-order valence-corrected chi connectivity index (χ1v) is 10.8. The Morgan fingerprint density at radius 1 is 1.25 bits per heavy atom. The standard InChI is InChI=1S/C23H21FN4O3S/c1-14-10-18(19-12-25-28(22(19)26-14)13-17-4-3-9-32-17)23(30)27-20(11-21(29)31-2)15-5-7-16(24)8-6-15/h3-10,12,20H,11,13H2,1-2H3,(H,27,30). The van der Waals surface area contributed by atoms with E-state index in [0.717, 1.165) is 4.88 Å². The summed E-state index contributed by atoms with van der Waals surface area (Å²) in [6.07, 6.45) is 1.54. The number of hydrogen-bond acceptors (Lipinski definition) is 6. The summed E-state index contributed by atoms with van der Waals surface area (Å²) in [5.74, 6) is -1.27. The quantitative estimate of drug-likeness (QED) is 0.428. The molecule has 164 valence electrons. The van der Waals surface area contributed by atoms with Crippen molar-refractivity contribution in [1.29, 1.82) is 0 Å². The molecule has 1 N–H and O–H groups in total. The highest BCUT2D eigenvalue weighted by molar-refractivity contribution is 7.09. The second-order valence-electron chi connectivity index (χ2n) is 7.29. The maximum atomic E-state index is 13.4. The van der Waals surface area contributed by atoms with Crippen LogP contribution < -0.4 is 5.32 Å². The lowest BCUT2D eigenvalue weighted by atomic mass is 10.0. The van der Waals surface area contributed by atoms with Crippen molar-refractivity contribution >= 4 is 34.2 Å². The second kappa shape index (κ2) is 9.27. The fraction of sp³-hybridized carbons (Fsp3) is 0.217. The van der Waals surface area contributed by atoms with Crippen molar-refractivity contribution in [2.45, 2.75) is 25.9 Å². The molecule has 7 nitrogen and oxygen atoms in total. The molecule has 0 radical (unpaired) electrons. The number of esters is 1. The Hall–Kier alpha value is -3.59. The van der Waals surface area contributed by atoms with E-state index in [-0.39, 0.29) is 12.3 Å². The van der Waals surface area contributed by atoms with Gasteiger partial charge in [0, 0.05) is 10.6 Å². The van der Waals surface area contributed by atoms with Crippen LogP contribution in [0.2, 0.25) is 0 Å². The summed E-state index contributed by atoms with van der Waals surface area (Å²) in [5, 5.41) is 9.92. The highest BCUT2D eigenvalue weighted by atomic mass is 32.1. The van der Waals surface area contributed by atoms with Crippen LogP contribution in [0.25, 0.3) is 11.0 Å². The van der Waals surface area contributed by atoms with E-state index in [2.05, 4.69) is 15.4 Å². The molecule has 3 heterocycles. The number of methoxy groups -OCH3 is 1. The van der Waals surface area contributed by atoms with Crippen molar-refractivity contribution in [3.63, 3.8) is 0 Å². The minimum atomic E-state index is -0.680. The number of nitrogens with zero attached hydrogens (tertiary/aromatic N) is 3. The first kappa shape index (κ1) is 21.6. The van der Waals surface area contributed by atoms with Crippen molar-refractivity contribution in [1.82, 2.24) is 20.1 Å². The SMILES string of the molecule is COC(=O)CC(NC(=O)c1cc(C)nc2c1cnn2Cc1cccs1)c1ccc(F)cc1. The molecule has 1 aromatic carbocycles. The summed E-state index contributed by atoms with van der Waals surface area (Å²) < 4.78 is 19.9. The number of pyridine rings is 1. The van der Waals surface area contributed by atoms with Crippen molar-refractivity contribution in [3.05, 3.63) is 81.6 Å². The number of ether oxygens (including phenoxy) is 1. The second-order valence-corrected chi connectivity index (χ2v) is 8.32. The van der Waals surface area contributed by atoms with E-state index in [1.54, 1.807) is 28.3 Å². The Balaban J connectivity index is 1.66. The number of thiophene rings is 1. The summed E-state index contributed by atoms with van der Waals surface area (Å²) in [7, 11) is 1.28. The molecule has 0 spiro atoms. The average molecular weight is 453 g/mol. The minimum Gasteiger partial charge on any atom is -0.469 e. The zero-order valence-electron chi connectivity index (χ0n) is 17.5. The van der Waals surface area contributed by atoms with Gasteiger partial charge in [-0.05, 0) is 42.1 Å². The van der Waals surface area contributed by atoms with Crippen LogP contribution in [0.3, 0.4) is 0 Å². The lowest BCUT2D eigenvalue weighted by Gasteiger charge is -2.19. The van der Waals surface area contributed by atoms with Gasteiger partial charge in [0.05, 0.1) is 43.3 Å². The third kappa shape index (κ3) is 4.67. The lowest BCUT2D eigenvalue weighted by molar-refractivity contribution is -0.141. The van der Waals surface area contributed by atoms with Crippen LogP contribution in [0.4, 0.5) is 4.39 Å². The Bertz CT molecular complexity index is 1250. The third-order valence-corrected chi connectivity index (χ3v) is 5.90. The van der Waals surface area contributed by atoms with Gasteiger partial charge in [-0.15, -0.1) is 11.3 Å². The number of rotatable bonds is 7. The smallest absolute Gasteiger partial charge is 0.307 e. The molecular formula is C23H21FN4O3S. The van der Waals surface area contributed by atoms with E-state index >= 15 is 0 Å². The third-order valence-electron chi connectivity index (χ3n) is 5.04. The van der Waals surface area contributed by atoms with Crippen LogP contribution in [0, 0.1) is 12.7 Å². The number of carbonyl (C=O) groups excluding carboxylic acids is 2. The molecule has 1 amide bonds. The van der Waals surface area contributed by atoms with Crippen LogP contribution in [0.15, 0.2) is 54.0 Å². The van der Waals surface area contributed by atoms with Crippen LogP contribution in [-0.2, 0) is 16.1 Å². The van der Waals surface area contributed by atoms with E-state index < -0.39 is 17.8 Å². The van der Waals surface area contributed by atoms with Crippen molar-refractivity contribution in [2.24, 2.45) is 0 Å². The molecule has 4 rings (SSSR count). The van der Waals surface area contributed by atoms with Gasteiger partial charge in [0.2, 0.25) is 0 Å². The molecular weight excluding hydrogens is 431 g/mol. The van der Waals surface area contributed by atoms with Gasteiger partial charge in [-0.3, -0.25) is 9.59 Å². The Morgan fingerprint density at radius 3 is 2.72 bits per heavy atom. The molecule has 1 unspecified atom stereocenters. The van der Waals surface area contributed by atoms with Crippen molar-refractivity contribution in [2.75, 3.05) is 7.11 Å². The zero-order valence-corrected chi connectivity index (χ0v) is 18.4. The highest BCUT2D eigenvalue weighted by Crippen LogP contribution is 2.23. The lowest BCUT2D eigenvalue weighted by Crippen LogP contribution is -2.30. The summed E-state index contributed by atoms with van der Waals surface area (Å²) in [6, 6.07) is 10.6. The molecule has 0 saturated carbocycles. The van der Waals surface area contributed by atoms with E-state index in [1.165, 1.54) is 31.4 Å². The van der Waals surface area contributed by atoms with Gasteiger partial charge < -0.3 is 10.1 Å². The number of carbonyl (C=O) groups is 2. The number of halogens is 1. The number of benzene rings is 1. The summed E-state index contributed by atoms with van der Waals surface area (Å²) in [5.41, 5.74) is 2.28. The highest BCUT2D eigenvalue weighted by Gasteiger charge is 2.22. The summed E-state index contributed by atoms with van der Waals surface area (Å²) >= 11 is 1.62. The minimum absolute atomic E-state index is 0.0846. The van der Waals surface area contributed by atoms with Crippen LogP contribution in [0.1, 0.15) is 39.0 Å². The van der Waals surface area contributed by atoms with Gasteiger partial charge in [0.25, 0.3) is 5.91 Å². The van der Waals surface area contributed by atoms with Gasteiger partial charge in [0.15, 0.2) is 5.65 Å². The molecule has 0 fully saturated rings. The van der Waals surface area contributed by atoms with Gasteiger partial charge in [0.1, 0.15) is 5.82 Å². The number of nitrogens with one attached hydrogen (secondary N) is 1. The molecule has 9 heteroatoms. The Labute approximate surface area is 187 Å². The largest absolute Gasteiger partial charge is 0.469 e. The van der Waals surface area contributed by atoms with Gasteiger partial charge in [-0.1, -0.05) is 18.2 Å². The van der Waals surface area contributed by atoms with E-state index in [1.807, 2.05) is 24.4 Å². The first-order chi connectivity index (χ1) is 15.4. The predicted octanol–water partition coefficient (Wildman–Crippen LogP) is 4.02. The molecule has 0 saturated heterocycles. The summed E-state index contributed by atoms with van der Waals surface area (Å²) in [4.78, 5) is 30.9. The monoisotopic (exact) mass is 452 g/mol. The number of aryl methyl sites for hydroxylation is 1. The van der Waals surface area contributed by atoms with Gasteiger partial charge in [-0.2, -0.15) is 5.10 Å². The normalized spacial score (nSPS) is 12.0. The van der Waals surface area contributed by atoms with Crippen molar-refractivity contribution in [3.8, 4) is 0 Å². The molecule has 0 aliphatic carbocycles. The number of hydrogen-bond donors (Lipinski definition) is 1. The summed E-state index contributed by atoms with van der Waals surface area (Å²) in [6.45, 7) is 2.36. The van der Waals surface area contributed by atoms with Gasteiger partial charge in [-0.25, -0.2) is 14.1 Å². The topological polar surface area (TPSA) is 86.1 Å². The fourth-order valence-electron chi connectivity index (χ4n) is 3.46. The molecule has 1 atom stereocenters. The molecule has 0 bridgehead atoms. The first-order valence-electron chi connectivity index (χ1n) is 9.93. The molecule has 0 aliphatic rings. The van der Waals surface area contributed by atoms with Gasteiger partial charge >= 0.3 is 5.97 Å². The van der Waals surface area contributed by atoms with E-state index in [9.17, 15) is 14.0 Å². The molecule has 4 aromatic rings. The Morgan fingerprint density at radius 2 is 2.03 bits per heavy atom. The molecule has 32 heavy (non-hydrogen) atoms. The maximum absolute atomic E-state index is 13.4. The molecule has 0 aliphatic heterocycles. The number of fused-ring (bicyclic) bond motifs is 1. The van der Waals surface area contributed by atoms with Crippen molar-refractivity contribution < 1.29 is 18.7 Å². The van der Waals surface area contributed by atoms with Crippen LogP contribution in [-0.4, -0.2) is 33.8 Å². The van der Waals surface area contributed by atoms with E-state index in [4.69, 9.17) is 4.74 Å². The maximum Gasteiger partial charge on any atom is 0.307 e. The average Bonchev–Trinajstić information content (AvgIpc) is 3.43. The van der Waals surface area contributed by atoms with E-state index in [0.29, 0.717) is 34.4 Å². The van der Waals surface area contributed by atoms with Crippen LogP contribution >= 0.6 is 11.3 Å². The predicted molar refractivity (Wildman–Crippen MR) is 119 cm³/mol.